The standard InChI is InChI=1S/C16H12N4O3S/c17-16-20-13(9-24-16)19-14(21)10-4-6-11(7-5-10)23-15(22)12-3-1-2-8-18-12/h1-9H,(H2,17,20)(H,19,21). The first kappa shape index (κ1) is 15.6. The molecular formula is C16H12N4O3S. The first-order chi connectivity index (χ1) is 11.6. The second-order valence-corrected chi connectivity index (χ2v) is 5.54. The number of hydrogen-bond donors (Lipinski definition) is 2. The van der Waals surface area contributed by atoms with Crippen molar-refractivity contribution in [2.75, 3.05) is 11.1 Å². The predicted octanol–water partition coefficient (Wildman–Crippen LogP) is 2.59. The van der Waals surface area contributed by atoms with Gasteiger partial charge in [-0.05, 0) is 36.4 Å². The maximum atomic E-state index is 12.1. The van der Waals surface area contributed by atoms with Gasteiger partial charge in [0.1, 0.15) is 17.3 Å². The van der Waals surface area contributed by atoms with E-state index in [0.29, 0.717) is 22.3 Å². The number of nitrogens with two attached hydrogens (primary N) is 1. The molecule has 2 heterocycles. The molecule has 1 amide bonds. The molecule has 0 radical (unpaired) electrons. The average molecular weight is 340 g/mol. The van der Waals surface area contributed by atoms with E-state index in [2.05, 4.69) is 15.3 Å². The second-order valence-electron chi connectivity index (χ2n) is 4.65. The molecule has 0 aliphatic rings. The lowest BCUT2D eigenvalue weighted by molar-refractivity contribution is 0.0728. The molecule has 0 aliphatic heterocycles. The summed E-state index contributed by atoms with van der Waals surface area (Å²) in [5, 5.41) is 4.65. The molecule has 120 valence electrons. The number of pyridine rings is 1. The normalized spacial score (nSPS) is 10.2. The predicted molar refractivity (Wildman–Crippen MR) is 90.1 cm³/mol. The smallest absolute Gasteiger partial charge is 0.362 e. The molecule has 0 saturated carbocycles. The maximum absolute atomic E-state index is 12.1. The number of carbonyl (C=O) groups is 2. The molecule has 3 N–H and O–H groups in total. The Bertz CT molecular complexity index is 863. The molecule has 24 heavy (non-hydrogen) atoms. The maximum Gasteiger partial charge on any atom is 0.362 e. The van der Waals surface area contributed by atoms with Crippen molar-refractivity contribution in [1.82, 2.24) is 9.97 Å². The Hall–Kier alpha value is -3.26. The van der Waals surface area contributed by atoms with Crippen molar-refractivity contribution in [1.29, 1.82) is 0 Å². The fourth-order valence-electron chi connectivity index (χ4n) is 1.85. The monoisotopic (exact) mass is 340 g/mol. The van der Waals surface area contributed by atoms with E-state index < -0.39 is 5.97 Å². The van der Waals surface area contributed by atoms with Crippen molar-refractivity contribution in [3.63, 3.8) is 0 Å². The van der Waals surface area contributed by atoms with Crippen molar-refractivity contribution in [2.45, 2.75) is 0 Å². The molecule has 1 aromatic carbocycles. The second kappa shape index (κ2) is 6.88. The number of amides is 1. The SMILES string of the molecule is Nc1nc(NC(=O)c2ccc(OC(=O)c3ccccn3)cc2)cs1. The number of carbonyl (C=O) groups excluding carboxylic acids is 2. The van der Waals surface area contributed by atoms with Gasteiger partial charge in [0.25, 0.3) is 5.91 Å². The lowest BCUT2D eigenvalue weighted by Crippen LogP contribution is -2.13. The zero-order valence-corrected chi connectivity index (χ0v) is 13.1. The Morgan fingerprint density at radius 3 is 2.54 bits per heavy atom. The highest BCUT2D eigenvalue weighted by molar-refractivity contribution is 7.13. The van der Waals surface area contributed by atoms with Crippen LogP contribution >= 0.6 is 11.3 Å². The van der Waals surface area contributed by atoms with Crippen LogP contribution in [-0.2, 0) is 0 Å². The molecule has 3 aromatic rings. The van der Waals surface area contributed by atoms with Crippen LogP contribution in [0.25, 0.3) is 0 Å². The number of nitrogens with zero attached hydrogens (tertiary/aromatic N) is 2. The number of nitrogens with one attached hydrogen (secondary N) is 1. The highest BCUT2D eigenvalue weighted by Crippen LogP contribution is 2.18. The molecule has 8 heteroatoms. The van der Waals surface area contributed by atoms with Crippen LogP contribution in [0.5, 0.6) is 5.75 Å². The number of thiazole rings is 1. The van der Waals surface area contributed by atoms with E-state index in [4.69, 9.17) is 10.5 Å². The largest absolute Gasteiger partial charge is 0.422 e. The van der Waals surface area contributed by atoms with Gasteiger partial charge < -0.3 is 15.8 Å². The third kappa shape index (κ3) is 3.73. The lowest BCUT2D eigenvalue weighted by atomic mass is 10.2. The van der Waals surface area contributed by atoms with Crippen LogP contribution < -0.4 is 15.8 Å². The summed E-state index contributed by atoms with van der Waals surface area (Å²) in [5.74, 6) is -0.179. The van der Waals surface area contributed by atoms with Gasteiger partial charge in [-0.1, -0.05) is 6.07 Å². The summed E-state index contributed by atoms with van der Waals surface area (Å²) in [6.45, 7) is 0. The van der Waals surface area contributed by atoms with E-state index in [1.807, 2.05) is 0 Å². The average Bonchev–Trinajstić information content (AvgIpc) is 3.01. The number of anilines is 2. The van der Waals surface area contributed by atoms with Gasteiger partial charge in [0.05, 0.1) is 0 Å². The Labute approximate surface area is 141 Å². The van der Waals surface area contributed by atoms with Crippen molar-refractivity contribution in [3.8, 4) is 5.75 Å². The first-order valence-corrected chi connectivity index (χ1v) is 7.75. The summed E-state index contributed by atoms with van der Waals surface area (Å²) >= 11 is 1.24. The van der Waals surface area contributed by atoms with E-state index in [1.54, 1.807) is 35.7 Å². The van der Waals surface area contributed by atoms with Gasteiger partial charge >= 0.3 is 5.97 Å². The lowest BCUT2D eigenvalue weighted by Gasteiger charge is -2.05. The fraction of sp³-hybridized carbons (Fsp3) is 0. The summed E-state index contributed by atoms with van der Waals surface area (Å²) in [4.78, 5) is 31.8. The third-order valence-corrected chi connectivity index (χ3v) is 3.64. The third-order valence-electron chi connectivity index (χ3n) is 2.96. The van der Waals surface area contributed by atoms with Gasteiger partial charge in [0.2, 0.25) is 0 Å². The first-order valence-electron chi connectivity index (χ1n) is 6.87. The summed E-state index contributed by atoms with van der Waals surface area (Å²) in [7, 11) is 0. The van der Waals surface area contributed by atoms with Crippen molar-refractivity contribution < 1.29 is 14.3 Å². The highest BCUT2D eigenvalue weighted by atomic mass is 32.1. The van der Waals surface area contributed by atoms with Crippen LogP contribution in [0.3, 0.4) is 0 Å². The summed E-state index contributed by atoms with van der Waals surface area (Å²) < 4.78 is 5.20. The van der Waals surface area contributed by atoms with Gasteiger partial charge in [-0.3, -0.25) is 4.79 Å². The van der Waals surface area contributed by atoms with Crippen LogP contribution in [0, 0.1) is 0 Å². The number of aromatic nitrogens is 2. The summed E-state index contributed by atoms with van der Waals surface area (Å²) in [6, 6.07) is 11.1. The molecule has 7 nitrogen and oxygen atoms in total. The van der Waals surface area contributed by atoms with E-state index in [1.165, 1.54) is 29.7 Å². The molecule has 2 aromatic heterocycles. The van der Waals surface area contributed by atoms with Crippen molar-refractivity contribution in [2.24, 2.45) is 0 Å². The quantitative estimate of drug-likeness (QED) is 0.558. The summed E-state index contributed by atoms with van der Waals surface area (Å²) in [6.07, 6.45) is 1.51. The van der Waals surface area contributed by atoms with E-state index >= 15 is 0 Å². The Kier molecular flexibility index (Phi) is 4.48. The number of benzene rings is 1. The number of rotatable bonds is 4. The number of ether oxygens (including phenoxy) is 1. The molecule has 0 fully saturated rings. The minimum absolute atomic E-state index is 0.209. The molecular weight excluding hydrogens is 328 g/mol. The Morgan fingerprint density at radius 1 is 1.12 bits per heavy atom. The fourth-order valence-corrected chi connectivity index (χ4v) is 2.35. The van der Waals surface area contributed by atoms with Crippen LogP contribution in [0.4, 0.5) is 10.9 Å². The van der Waals surface area contributed by atoms with Crippen molar-refractivity contribution in [3.05, 3.63) is 65.3 Å². The topological polar surface area (TPSA) is 107 Å². The highest BCUT2D eigenvalue weighted by Gasteiger charge is 2.11. The summed E-state index contributed by atoms with van der Waals surface area (Å²) in [5.41, 5.74) is 6.12. The van der Waals surface area contributed by atoms with Crippen molar-refractivity contribution >= 4 is 34.2 Å². The number of hydrogen-bond acceptors (Lipinski definition) is 7. The Morgan fingerprint density at radius 2 is 1.92 bits per heavy atom. The van der Waals surface area contributed by atoms with Gasteiger partial charge in [0, 0.05) is 17.1 Å². The van der Waals surface area contributed by atoms with Crippen LogP contribution in [-0.4, -0.2) is 21.8 Å². The molecule has 0 saturated heterocycles. The van der Waals surface area contributed by atoms with E-state index in [9.17, 15) is 9.59 Å². The van der Waals surface area contributed by atoms with Gasteiger partial charge in [-0.2, -0.15) is 0 Å². The van der Waals surface area contributed by atoms with Crippen LogP contribution in [0.2, 0.25) is 0 Å². The van der Waals surface area contributed by atoms with Gasteiger partial charge in [-0.25, -0.2) is 14.8 Å². The molecule has 0 aliphatic carbocycles. The molecule has 0 unspecified atom stereocenters. The van der Waals surface area contributed by atoms with Crippen LogP contribution in [0.1, 0.15) is 20.8 Å². The Balaban J connectivity index is 1.64. The zero-order chi connectivity index (χ0) is 16.9. The van der Waals surface area contributed by atoms with E-state index in [-0.39, 0.29) is 11.6 Å². The molecule has 0 bridgehead atoms. The number of nitrogen functional groups attached to an aromatic ring is 1. The zero-order valence-electron chi connectivity index (χ0n) is 12.3. The minimum Gasteiger partial charge on any atom is -0.422 e. The number of esters is 1. The molecule has 0 spiro atoms. The van der Waals surface area contributed by atoms with Crippen LogP contribution in [0.15, 0.2) is 54.0 Å². The minimum atomic E-state index is -0.564. The molecule has 3 rings (SSSR count). The van der Waals surface area contributed by atoms with Gasteiger partial charge in [-0.15, -0.1) is 11.3 Å². The molecule has 0 atom stereocenters. The van der Waals surface area contributed by atoms with Gasteiger partial charge in [0.15, 0.2) is 5.13 Å². The van der Waals surface area contributed by atoms with E-state index in [0.717, 1.165) is 0 Å².